The van der Waals surface area contributed by atoms with Crippen LogP contribution in [0, 0.1) is 6.92 Å². The van der Waals surface area contributed by atoms with E-state index in [0.29, 0.717) is 11.5 Å². The molecule has 0 bridgehead atoms. The Bertz CT molecular complexity index is 269. The van der Waals surface area contributed by atoms with Crippen molar-refractivity contribution in [3.8, 4) is 0 Å². The first-order valence-electron chi connectivity index (χ1n) is 3.35. The molecule has 0 amide bonds. The Morgan fingerprint density at radius 2 is 2.09 bits per heavy atom. The molecule has 1 aromatic rings. The lowest BCUT2D eigenvalue weighted by molar-refractivity contribution is 1.27. The lowest BCUT2D eigenvalue weighted by Crippen LogP contribution is -2.04. The Hall–Kier alpha value is -1.45. The summed E-state index contributed by atoms with van der Waals surface area (Å²) >= 11 is 0. The molecule has 0 fully saturated rings. The van der Waals surface area contributed by atoms with Gasteiger partial charge in [0.15, 0.2) is 0 Å². The van der Waals surface area contributed by atoms with Crippen LogP contribution in [0.2, 0.25) is 0 Å². The maximum Gasteiger partial charge on any atom is 0.148 e. The highest BCUT2D eigenvalue weighted by atomic mass is 14.9. The van der Waals surface area contributed by atoms with Gasteiger partial charge in [-0.05, 0) is 12.5 Å². The van der Waals surface area contributed by atoms with Crippen LogP contribution in [0.3, 0.4) is 0 Å². The van der Waals surface area contributed by atoms with Gasteiger partial charge < -0.3 is 16.8 Å². The fourth-order valence-electron chi connectivity index (χ4n) is 0.973. The van der Waals surface area contributed by atoms with Crippen LogP contribution >= 0.6 is 0 Å². The largest absolute Gasteiger partial charge is 0.394 e. The van der Waals surface area contributed by atoms with Gasteiger partial charge in [0, 0.05) is 13.2 Å². The number of pyridine rings is 1. The molecular formula is C7H12N4. The molecule has 0 saturated heterocycles. The van der Waals surface area contributed by atoms with E-state index in [2.05, 4.69) is 10.3 Å². The molecule has 1 heterocycles. The summed E-state index contributed by atoms with van der Waals surface area (Å²) in [6.07, 6.45) is 1.69. The van der Waals surface area contributed by atoms with Gasteiger partial charge in [-0.15, -0.1) is 0 Å². The average Bonchev–Trinajstić information content (AvgIpc) is 1.99. The number of nitrogens with one attached hydrogen (secondary N) is 1. The van der Waals surface area contributed by atoms with Crippen molar-refractivity contribution in [2.75, 3.05) is 23.8 Å². The molecule has 0 radical (unpaired) electrons. The Balaban J connectivity index is 3.29. The number of hydrogen-bond acceptors (Lipinski definition) is 4. The molecule has 0 saturated carbocycles. The SMILES string of the molecule is CNc1c(C)cnc(N)c1N. The summed E-state index contributed by atoms with van der Waals surface area (Å²) < 4.78 is 0. The Morgan fingerprint density at radius 3 is 2.55 bits per heavy atom. The fourth-order valence-corrected chi connectivity index (χ4v) is 0.973. The van der Waals surface area contributed by atoms with Gasteiger partial charge in [0.2, 0.25) is 0 Å². The monoisotopic (exact) mass is 152 g/mol. The number of nitrogens with zero attached hydrogens (tertiary/aromatic N) is 1. The van der Waals surface area contributed by atoms with Crippen LogP contribution in [-0.2, 0) is 0 Å². The van der Waals surface area contributed by atoms with E-state index in [-0.39, 0.29) is 0 Å². The maximum atomic E-state index is 5.64. The molecule has 0 spiro atoms. The molecule has 0 aliphatic rings. The van der Waals surface area contributed by atoms with Crippen molar-refractivity contribution in [3.05, 3.63) is 11.8 Å². The molecule has 4 nitrogen and oxygen atoms in total. The van der Waals surface area contributed by atoms with Gasteiger partial charge in [0.05, 0.1) is 11.4 Å². The van der Waals surface area contributed by atoms with Crippen LogP contribution in [0.1, 0.15) is 5.56 Å². The van der Waals surface area contributed by atoms with Crippen molar-refractivity contribution < 1.29 is 0 Å². The van der Waals surface area contributed by atoms with Gasteiger partial charge in [0.1, 0.15) is 5.82 Å². The van der Waals surface area contributed by atoms with Gasteiger partial charge in [0.25, 0.3) is 0 Å². The topological polar surface area (TPSA) is 77.0 Å². The number of nitrogens with two attached hydrogens (primary N) is 2. The maximum absolute atomic E-state index is 5.64. The number of aryl methyl sites for hydroxylation is 1. The van der Waals surface area contributed by atoms with E-state index in [1.807, 2.05) is 6.92 Å². The minimum absolute atomic E-state index is 0.375. The highest BCUT2D eigenvalue weighted by Crippen LogP contribution is 2.25. The van der Waals surface area contributed by atoms with Gasteiger partial charge >= 0.3 is 0 Å². The summed E-state index contributed by atoms with van der Waals surface area (Å²) in [6.45, 7) is 1.93. The standard InChI is InChI=1S/C7H12N4/c1-4-3-11-7(9)5(8)6(4)10-2/h3H,8H2,1-2H3,(H3,9,10,11). The van der Waals surface area contributed by atoms with Crippen molar-refractivity contribution in [3.63, 3.8) is 0 Å². The molecule has 11 heavy (non-hydrogen) atoms. The van der Waals surface area contributed by atoms with Crippen molar-refractivity contribution in [2.24, 2.45) is 0 Å². The smallest absolute Gasteiger partial charge is 0.148 e. The predicted octanol–water partition coefficient (Wildman–Crippen LogP) is 0.596. The second-order valence-corrected chi connectivity index (χ2v) is 2.37. The van der Waals surface area contributed by atoms with Gasteiger partial charge in [-0.25, -0.2) is 4.98 Å². The zero-order valence-electron chi connectivity index (χ0n) is 6.68. The van der Waals surface area contributed by atoms with Crippen LogP contribution in [0.5, 0.6) is 0 Å². The summed E-state index contributed by atoms with van der Waals surface area (Å²) in [5.74, 6) is 0.375. The van der Waals surface area contributed by atoms with Crippen LogP contribution in [0.25, 0.3) is 0 Å². The second-order valence-electron chi connectivity index (χ2n) is 2.37. The highest BCUT2D eigenvalue weighted by molar-refractivity contribution is 5.78. The number of aromatic nitrogens is 1. The fraction of sp³-hybridized carbons (Fsp3) is 0.286. The van der Waals surface area contributed by atoms with E-state index >= 15 is 0 Å². The van der Waals surface area contributed by atoms with E-state index in [1.54, 1.807) is 13.2 Å². The van der Waals surface area contributed by atoms with Gasteiger partial charge in [-0.3, -0.25) is 0 Å². The molecule has 0 aliphatic carbocycles. The first-order valence-corrected chi connectivity index (χ1v) is 3.35. The minimum atomic E-state index is 0.375. The van der Waals surface area contributed by atoms with Crippen molar-refractivity contribution in [2.45, 2.75) is 6.92 Å². The van der Waals surface area contributed by atoms with Gasteiger partial charge in [-0.1, -0.05) is 0 Å². The normalized spacial score (nSPS) is 9.64. The van der Waals surface area contributed by atoms with Crippen molar-refractivity contribution in [1.29, 1.82) is 0 Å². The zero-order valence-corrected chi connectivity index (χ0v) is 6.68. The highest BCUT2D eigenvalue weighted by Gasteiger charge is 2.04. The molecule has 0 atom stereocenters. The van der Waals surface area contributed by atoms with Crippen LogP contribution in [-0.4, -0.2) is 12.0 Å². The lowest BCUT2D eigenvalue weighted by Gasteiger charge is -2.09. The molecule has 4 heteroatoms. The number of anilines is 3. The number of hydrogen-bond donors (Lipinski definition) is 3. The molecule has 1 aromatic heterocycles. The first kappa shape index (κ1) is 7.65. The van der Waals surface area contributed by atoms with E-state index in [0.717, 1.165) is 11.3 Å². The Morgan fingerprint density at radius 1 is 1.45 bits per heavy atom. The number of rotatable bonds is 1. The molecular weight excluding hydrogens is 140 g/mol. The third-order valence-corrected chi connectivity index (χ3v) is 1.59. The summed E-state index contributed by atoms with van der Waals surface area (Å²) in [4.78, 5) is 3.90. The Labute approximate surface area is 65.6 Å². The summed E-state index contributed by atoms with van der Waals surface area (Å²) in [5, 5.41) is 2.96. The second kappa shape index (κ2) is 2.65. The van der Waals surface area contributed by atoms with E-state index in [9.17, 15) is 0 Å². The van der Waals surface area contributed by atoms with E-state index < -0.39 is 0 Å². The first-order chi connectivity index (χ1) is 5.16. The summed E-state index contributed by atoms with van der Waals surface area (Å²) in [6, 6.07) is 0. The van der Waals surface area contributed by atoms with Gasteiger partial charge in [-0.2, -0.15) is 0 Å². The minimum Gasteiger partial charge on any atom is -0.394 e. The number of nitrogen functional groups attached to an aromatic ring is 2. The molecule has 0 unspecified atom stereocenters. The van der Waals surface area contributed by atoms with E-state index in [4.69, 9.17) is 11.5 Å². The summed E-state index contributed by atoms with van der Waals surface area (Å²) in [7, 11) is 1.80. The lowest BCUT2D eigenvalue weighted by atomic mass is 10.2. The summed E-state index contributed by atoms with van der Waals surface area (Å²) in [5.41, 5.74) is 13.5. The third-order valence-electron chi connectivity index (χ3n) is 1.59. The molecule has 60 valence electrons. The molecule has 1 rings (SSSR count). The molecule has 0 aliphatic heterocycles. The third kappa shape index (κ3) is 1.19. The van der Waals surface area contributed by atoms with Crippen LogP contribution in [0.4, 0.5) is 17.2 Å². The molecule has 5 N–H and O–H groups in total. The van der Waals surface area contributed by atoms with Crippen molar-refractivity contribution in [1.82, 2.24) is 4.98 Å². The van der Waals surface area contributed by atoms with Crippen molar-refractivity contribution >= 4 is 17.2 Å². The predicted molar refractivity (Wildman–Crippen MR) is 47.3 cm³/mol. The average molecular weight is 152 g/mol. The Kier molecular flexibility index (Phi) is 1.85. The van der Waals surface area contributed by atoms with Crippen LogP contribution < -0.4 is 16.8 Å². The van der Waals surface area contributed by atoms with E-state index in [1.165, 1.54) is 0 Å². The van der Waals surface area contributed by atoms with Crippen LogP contribution in [0.15, 0.2) is 6.20 Å². The molecule has 0 aromatic carbocycles. The quantitative estimate of drug-likeness (QED) is 0.550. The zero-order chi connectivity index (χ0) is 8.43.